The SMILES string of the molecule is Cc1ccccc1COC(=O)c1ccc(N)cc1Cl. The van der Waals surface area contributed by atoms with Crippen molar-refractivity contribution in [2.24, 2.45) is 0 Å². The fourth-order valence-corrected chi connectivity index (χ4v) is 1.96. The zero-order valence-corrected chi connectivity index (χ0v) is 11.3. The van der Waals surface area contributed by atoms with Crippen molar-refractivity contribution in [1.29, 1.82) is 0 Å². The summed E-state index contributed by atoms with van der Waals surface area (Å²) in [6.45, 7) is 2.20. The summed E-state index contributed by atoms with van der Waals surface area (Å²) >= 11 is 5.96. The number of nitrogens with two attached hydrogens (primary N) is 1. The molecule has 0 aliphatic heterocycles. The van der Waals surface area contributed by atoms with E-state index in [9.17, 15) is 4.79 Å². The lowest BCUT2D eigenvalue weighted by atomic mass is 10.1. The van der Waals surface area contributed by atoms with E-state index in [1.165, 1.54) is 6.07 Å². The van der Waals surface area contributed by atoms with Gasteiger partial charge < -0.3 is 10.5 Å². The van der Waals surface area contributed by atoms with Crippen molar-refractivity contribution in [2.75, 3.05) is 5.73 Å². The average molecular weight is 276 g/mol. The number of hydrogen-bond donors (Lipinski definition) is 1. The van der Waals surface area contributed by atoms with E-state index in [4.69, 9.17) is 22.1 Å². The van der Waals surface area contributed by atoms with Crippen molar-refractivity contribution in [2.45, 2.75) is 13.5 Å². The Morgan fingerprint density at radius 1 is 1.26 bits per heavy atom. The monoisotopic (exact) mass is 275 g/mol. The molecule has 19 heavy (non-hydrogen) atoms. The molecule has 98 valence electrons. The Bertz CT molecular complexity index is 611. The molecule has 2 aromatic rings. The van der Waals surface area contributed by atoms with E-state index in [0.717, 1.165) is 11.1 Å². The number of nitrogen functional groups attached to an aromatic ring is 1. The summed E-state index contributed by atoms with van der Waals surface area (Å²) in [6, 6.07) is 12.5. The molecular formula is C15H14ClNO2. The van der Waals surface area contributed by atoms with E-state index < -0.39 is 5.97 Å². The van der Waals surface area contributed by atoms with E-state index in [0.29, 0.717) is 16.3 Å². The number of rotatable bonds is 3. The number of benzene rings is 2. The number of esters is 1. The third-order valence-electron chi connectivity index (χ3n) is 2.83. The van der Waals surface area contributed by atoms with Gasteiger partial charge in [0.25, 0.3) is 0 Å². The van der Waals surface area contributed by atoms with Gasteiger partial charge in [0, 0.05) is 5.69 Å². The molecule has 4 heteroatoms. The summed E-state index contributed by atoms with van der Waals surface area (Å²) < 4.78 is 5.25. The number of aryl methyl sites for hydroxylation is 1. The van der Waals surface area contributed by atoms with Crippen molar-refractivity contribution in [1.82, 2.24) is 0 Å². The molecule has 0 aliphatic rings. The Hall–Kier alpha value is -2.00. The highest BCUT2D eigenvalue weighted by Crippen LogP contribution is 2.20. The van der Waals surface area contributed by atoms with Crippen LogP contribution in [0, 0.1) is 6.92 Å². The Kier molecular flexibility index (Phi) is 4.07. The first-order valence-electron chi connectivity index (χ1n) is 5.84. The standard InChI is InChI=1S/C15H14ClNO2/c1-10-4-2-3-5-11(10)9-19-15(18)13-7-6-12(17)8-14(13)16/h2-8H,9,17H2,1H3. The van der Waals surface area contributed by atoms with Crippen LogP contribution in [0.3, 0.4) is 0 Å². The van der Waals surface area contributed by atoms with Gasteiger partial charge in [-0.1, -0.05) is 35.9 Å². The molecule has 2 aromatic carbocycles. The summed E-state index contributed by atoms with van der Waals surface area (Å²) in [5.41, 5.74) is 8.47. The maximum Gasteiger partial charge on any atom is 0.339 e. The minimum Gasteiger partial charge on any atom is -0.457 e. The maximum atomic E-state index is 11.9. The second-order valence-corrected chi connectivity index (χ2v) is 4.65. The first-order valence-corrected chi connectivity index (χ1v) is 6.22. The van der Waals surface area contributed by atoms with Gasteiger partial charge in [-0.3, -0.25) is 0 Å². The molecule has 0 atom stereocenters. The molecule has 3 nitrogen and oxygen atoms in total. The molecule has 2 rings (SSSR count). The van der Waals surface area contributed by atoms with Gasteiger partial charge in [0.1, 0.15) is 6.61 Å². The maximum absolute atomic E-state index is 11.9. The number of hydrogen-bond acceptors (Lipinski definition) is 3. The van der Waals surface area contributed by atoms with Gasteiger partial charge in [-0.15, -0.1) is 0 Å². The summed E-state index contributed by atoms with van der Waals surface area (Å²) in [6.07, 6.45) is 0. The Morgan fingerprint density at radius 2 is 2.00 bits per heavy atom. The smallest absolute Gasteiger partial charge is 0.339 e. The van der Waals surface area contributed by atoms with Gasteiger partial charge in [-0.25, -0.2) is 4.79 Å². The molecule has 0 unspecified atom stereocenters. The Balaban J connectivity index is 2.08. The molecule has 0 bridgehead atoms. The lowest BCUT2D eigenvalue weighted by Crippen LogP contribution is -2.07. The van der Waals surface area contributed by atoms with Crippen LogP contribution >= 0.6 is 11.6 Å². The molecule has 0 aliphatic carbocycles. The first-order chi connectivity index (χ1) is 9.08. The van der Waals surface area contributed by atoms with E-state index >= 15 is 0 Å². The molecule has 2 N–H and O–H groups in total. The predicted molar refractivity (Wildman–Crippen MR) is 76.2 cm³/mol. The molecule has 0 amide bonds. The third-order valence-corrected chi connectivity index (χ3v) is 3.15. The zero-order valence-electron chi connectivity index (χ0n) is 10.5. The fourth-order valence-electron chi connectivity index (χ4n) is 1.69. The van der Waals surface area contributed by atoms with Crippen LogP contribution in [0.15, 0.2) is 42.5 Å². The lowest BCUT2D eigenvalue weighted by Gasteiger charge is -2.08. The van der Waals surface area contributed by atoms with Gasteiger partial charge in [0.2, 0.25) is 0 Å². The van der Waals surface area contributed by atoms with Gasteiger partial charge >= 0.3 is 5.97 Å². The van der Waals surface area contributed by atoms with E-state index in [2.05, 4.69) is 0 Å². The summed E-state index contributed by atoms with van der Waals surface area (Å²) in [5.74, 6) is -0.451. The molecule has 0 spiro atoms. The van der Waals surface area contributed by atoms with Crippen LogP contribution in [0.25, 0.3) is 0 Å². The molecule has 0 saturated heterocycles. The second-order valence-electron chi connectivity index (χ2n) is 4.24. The van der Waals surface area contributed by atoms with Crippen LogP contribution in [0.5, 0.6) is 0 Å². The minimum absolute atomic E-state index is 0.228. The molecular weight excluding hydrogens is 262 g/mol. The molecule has 0 heterocycles. The second kappa shape index (κ2) is 5.76. The number of carbonyl (C=O) groups excluding carboxylic acids is 1. The van der Waals surface area contributed by atoms with Gasteiger partial charge in [-0.2, -0.15) is 0 Å². The van der Waals surface area contributed by atoms with Gasteiger partial charge in [0.05, 0.1) is 10.6 Å². The van der Waals surface area contributed by atoms with Crippen molar-refractivity contribution < 1.29 is 9.53 Å². The summed E-state index contributed by atoms with van der Waals surface area (Å²) in [5, 5.41) is 0.301. The minimum atomic E-state index is -0.451. The van der Waals surface area contributed by atoms with E-state index in [1.54, 1.807) is 12.1 Å². The zero-order chi connectivity index (χ0) is 13.8. The van der Waals surface area contributed by atoms with Crippen LogP contribution < -0.4 is 5.73 Å². The van der Waals surface area contributed by atoms with Crippen LogP contribution in [0.4, 0.5) is 5.69 Å². The van der Waals surface area contributed by atoms with Crippen LogP contribution in [-0.2, 0) is 11.3 Å². The normalized spacial score (nSPS) is 10.2. The van der Waals surface area contributed by atoms with Crippen molar-refractivity contribution in [3.63, 3.8) is 0 Å². The van der Waals surface area contributed by atoms with E-state index in [-0.39, 0.29) is 6.61 Å². The lowest BCUT2D eigenvalue weighted by molar-refractivity contribution is 0.0472. The van der Waals surface area contributed by atoms with Crippen LogP contribution in [0.2, 0.25) is 5.02 Å². The average Bonchev–Trinajstić information content (AvgIpc) is 2.37. The highest BCUT2D eigenvalue weighted by molar-refractivity contribution is 6.33. The fraction of sp³-hybridized carbons (Fsp3) is 0.133. The summed E-state index contributed by atoms with van der Waals surface area (Å²) in [7, 11) is 0. The Morgan fingerprint density at radius 3 is 2.68 bits per heavy atom. The highest BCUT2D eigenvalue weighted by Gasteiger charge is 2.12. The van der Waals surface area contributed by atoms with Crippen molar-refractivity contribution >= 4 is 23.3 Å². The van der Waals surface area contributed by atoms with Gasteiger partial charge in [-0.05, 0) is 36.2 Å². The topological polar surface area (TPSA) is 52.3 Å². The van der Waals surface area contributed by atoms with Gasteiger partial charge in [0.15, 0.2) is 0 Å². The Labute approximate surface area is 117 Å². The van der Waals surface area contributed by atoms with Crippen molar-refractivity contribution in [3.05, 3.63) is 64.2 Å². The number of halogens is 1. The van der Waals surface area contributed by atoms with Crippen molar-refractivity contribution in [3.8, 4) is 0 Å². The largest absolute Gasteiger partial charge is 0.457 e. The third kappa shape index (κ3) is 3.26. The van der Waals surface area contributed by atoms with Crippen LogP contribution in [-0.4, -0.2) is 5.97 Å². The van der Waals surface area contributed by atoms with E-state index in [1.807, 2.05) is 31.2 Å². The number of carbonyl (C=O) groups is 1. The molecule has 0 fully saturated rings. The molecule has 0 aromatic heterocycles. The number of anilines is 1. The first kappa shape index (κ1) is 13.4. The quantitative estimate of drug-likeness (QED) is 0.688. The highest BCUT2D eigenvalue weighted by atomic mass is 35.5. The molecule has 0 radical (unpaired) electrons. The summed E-state index contributed by atoms with van der Waals surface area (Å²) in [4.78, 5) is 11.9. The number of ether oxygens (including phenoxy) is 1. The molecule has 0 saturated carbocycles. The van der Waals surface area contributed by atoms with Crippen LogP contribution in [0.1, 0.15) is 21.5 Å². The predicted octanol–water partition coefficient (Wildman–Crippen LogP) is 3.59.